The molecule has 0 saturated carbocycles. The van der Waals surface area contributed by atoms with Crippen molar-refractivity contribution in [3.63, 3.8) is 0 Å². The number of carbonyl (C=O) groups is 1. The van der Waals surface area contributed by atoms with E-state index in [0.29, 0.717) is 6.04 Å². The summed E-state index contributed by atoms with van der Waals surface area (Å²) in [6, 6.07) is 0.499. The summed E-state index contributed by atoms with van der Waals surface area (Å²) >= 11 is 0. The molecule has 17 heavy (non-hydrogen) atoms. The van der Waals surface area contributed by atoms with Gasteiger partial charge in [-0.3, -0.25) is 5.43 Å². The maximum Gasteiger partial charge on any atom is 0.410 e. The highest BCUT2D eigenvalue weighted by molar-refractivity contribution is 5.68. The molecule has 0 aromatic heterocycles. The molecule has 0 bridgehead atoms. The van der Waals surface area contributed by atoms with Crippen molar-refractivity contribution in [1.82, 2.24) is 15.3 Å². The molecule has 0 spiro atoms. The second kappa shape index (κ2) is 5.69. The first-order valence-electron chi connectivity index (χ1n) is 6.21. The van der Waals surface area contributed by atoms with E-state index in [2.05, 4.69) is 10.4 Å². The minimum atomic E-state index is -0.407. The lowest BCUT2D eigenvalue weighted by molar-refractivity contribution is 0.0133. The lowest BCUT2D eigenvalue weighted by Crippen LogP contribution is -2.49. The van der Waals surface area contributed by atoms with Crippen LogP contribution in [0.4, 0.5) is 4.79 Å². The summed E-state index contributed by atoms with van der Waals surface area (Å²) in [5.74, 6) is 0. The first-order chi connectivity index (χ1) is 7.83. The third kappa shape index (κ3) is 4.52. The number of hydrogen-bond acceptors (Lipinski definition) is 4. The van der Waals surface area contributed by atoms with Crippen LogP contribution in [0.3, 0.4) is 0 Å². The zero-order chi connectivity index (χ0) is 13.1. The van der Waals surface area contributed by atoms with Gasteiger partial charge in [0.05, 0.1) is 0 Å². The first kappa shape index (κ1) is 14.3. The van der Waals surface area contributed by atoms with E-state index in [9.17, 15) is 4.79 Å². The summed E-state index contributed by atoms with van der Waals surface area (Å²) in [5.41, 5.74) is 2.71. The summed E-state index contributed by atoms with van der Waals surface area (Å²) in [7, 11) is 3.95. The number of carbonyl (C=O) groups excluding carboxylic acids is 1. The molecule has 1 N–H and O–H groups in total. The molecule has 0 unspecified atom stereocenters. The van der Waals surface area contributed by atoms with E-state index in [1.165, 1.54) is 0 Å². The molecule has 0 radical (unpaired) electrons. The second-order valence-electron chi connectivity index (χ2n) is 5.53. The SMILES string of the molecule is CNN(C)C1CCN(C(=O)OC(C)(C)C)CC1. The average molecular weight is 243 g/mol. The predicted octanol–water partition coefficient (Wildman–Crippen LogP) is 1.45. The Kier molecular flexibility index (Phi) is 4.77. The number of hydrazine groups is 1. The molecule has 1 aliphatic rings. The number of likely N-dealkylation sites (tertiary alicyclic amines) is 1. The Morgan fingerprint density at radius 1 is 1.35 bits per heavy atom. The fourth-order valence-electron chi connectivity index (χ4n) is 1.94. The van der Waals surface area contributed by atoms with E-state index in [1.807, 2.05) is 34.9 Å². The van der Waals surface area contributed by atoms with Crippen LogP contribution >= 0.6 is 0 Å². The van der Waals surface area contributed by atoms with Crippen LogP contribution in [-0.4, -0.2) is 54.8 Å². The third-order valence-electron chi connectivity index (χ3n) is 3.02. The van der Waals surface area contributed by atoms with Gasteiger partial charge >= 0.3 is 6.09 Å². The van der Waals surface area contributed by atoms with Gasteiger partial charge in [-0.05, 0) is 40.7 Å². The zero-order valence-corrected chi connectivity index (χ0v) is 11.6. The van der Waals surface area contributed by atoms with Gasteiger partial charge in [-0.15, -0.1) is 0 Å². The molecule has 5 nitrogen and oxygen atoms in total. The predicted molar refractivity (Wildman–Crippen MR) is 67.7 cm³/mol. The van der Waals surface area contributed by atoms with Gasteiger partial charge in [0.15, 0.2) is 0 Å². The lowest BCUT2D eigenvalue weighted by atomic mass is 10.1. The molecule has 5 heteroatoms. The van der Waals surface area contributed by atoms with Gasteiger partial charge < -0.3 is 9.64 Å². The third-order valence-corrected chi connectivity index (χ3v) is 3.02. The highest BCUT2D eigenvalue weighted by atomic mass is 16.6. The highest BCUT2D eigenvalue weighted by Crippen LogP contribution is 2.17. The van der Waals surface area contributed by atoms with Crippen LogP contribution < -0.4 is 5.43 Å². The number of hydrogen-bond donors (Lipinski definition) is 1. The smallest absolute Gasteiger partial charge is 0.410 e. The monoisotopic (exact) mass is 243 g/mol. The van der Waals surface area contributed by atoms with Crippen molar-refractivity contribution < 1.29 is 9.53 Å². The number of nitrogens with zero attached hydrogens (tertiary/aromatic N) is 2. The van der Waals surface area contributed by atoms with Crippen molar-refractivity contribution in [2.75, 3.05) is 27.2 Å². The van der Waals surface area contributed by atoms with Crippen LogP contribution in [0, 0.1) is 0 Å². The van der Waals surface area contributed by atoms with Gasteiger partial charge in [-0.1, -0.05) is 0 Å². The Labute approximate surface area is 104 Å². The number of nitrogens with one attached hydrogen (secondary N) is 1. The van der Waals surface area contributed by atoms with E-state index in [1.54, 1.807) is 4.90 Å². The van der Waals surface area contributed by atoms with Gasteiger partial charge in [0.25, 0.3) is 0 Å². The summed E-state index contributed by atoms with van der Waals surface area (Å²) in [5, 5.41) is 2.10. The Morgan fingerprint density at radius 2 is 1.88 bits per heavy atom. The molecule has 100 valence electrons. The number of rotatable bonds is 2. The van der Waals surface area contributed by atoms with Crippen LogP contribution in [0.15, 0.2) is 0 Å². The van der Waals surface area contributed by atoms with E-state index >= 15 is 0 Å². The van der Waals surface area contributed by atoms with Crippen molar-refractivity contribution in [1.29, 1.82) is 0 Å². The second-order valence-corrected chi connectivity index (χ2v) is 5.53. The summed E-state index contributed by atoms with van der Waals surface area (Å²) < 4.78 is 5.36. The lowest BCUT2D eigenvalue weighted by Gasteiger charge is -2.36. The normalized spacial score (nSPS) is 18.6. The maximum atomic E-state index is 11.8. The van der Waals surface area contributed by atoms with Crippen molar-refractivity contribution in [3.8, 4) is 0 Å². The van der Waals surface area contributed by atoms with E-state index in [-0.39, 0.29) is 6.09 Å². The summed E-state index contributed by atoms with van der Waals surface area (Å²) in [6.07, 6.45) is 1.77. The molecular weight excluding hydrogens is 218 g/mol. The van der Waals surface area contributed by atoms with Gasteiger partial charge in [0, 0.05) is 26.2 Å². The Hall–Kier alpha value is -0.810. The minimum Gasteiger partial charge on any atom is -0.444 e. The molecule has 1 saturated heterocycles. The fourth-order valence-corrected chi connectivity index (χ4v) is 1.94. The van der Waals surface area contributed by atoms with Crippen LogP contribution in [-0.2, 0) is 4.74 Å². The van der Waals surface area contributed by atoms with E-state index < -0.39 is 5.60 Å². The molecule has 0 aliphatic carbocycles. The topological polar surface area (TPSA) is 44.8 Å². The van der Waals surface area contributed by atoms with Crippen LogP contribution in [0.25, 0.3) is 0 Å². The molecule has 0 aromatic carbocycles. The number of amides is 1. The van der Waals surface area contributed by atoms with Crippen molar-refractivity contribution in [3.05, 3.63) is 0 Å². The minimum absolute atomic E-state index is 0.192. The average Bonchev–Trinajstić information content (AvgIpc) is 2.26. The number of ether oxygens (including phenoxy) is 1. The highest BCUT2D eigenvalue weighted by Gasteiger charge is 2.27. The molecule has 1 aliphatic heterocycles. The molecule has 1 fully saturated rings. The maximum absolute atomic E-state index is 11.8. The van der Waals surface area contributed by atoms with E-state index in [0.717, 1.165) is 25.9 Å². The van der Waals surface area contributed by atoms with Gasteiger partial charge in [0.2, 0.25) is 0 Å². The fraction of sp³-hybridized carbons (Fsp3) is 0.917. The van der Waals surface area contributed by atoms with Crippen molar-refractivity contribution in [2.24, 2.45) is 0 Å². The van der Waals surface area contributed by atoms with Crippen LogP contribution in [0.1, 0.15) is 33.6 Å². The molecule has 1 amide bonds. The largest absolute Gasteiger partial charge is 0.444 e. The van der Waals surface area contributed by atoms with Crippen molar-refractivity contribution in [2.45, 2.75) is 45.3 Å². The standard InChI is InChI=1S/C12H25N3O2/c1-12(2,3)17-11(16)15-8-6-10(7-9-15)14(5)13-4/h10,13H,6-9H2,1-5H3. The van der Waals surface area contributed by atoms with E-state index in [4.69, 9.17) is 4.74 Å². The first-order valence-corrected chi connectivity index (χ1v) is 6.21. The Balaban J connectivity index is 2.39. The molecule has 0 atom stereocenters. The van der Waals surface area contributed by atoms with Gasteiger partial charge in [-0.25, -0.2) is 9.80 Å². The van der Waals surface area contributed by atoms with Crippen LogP contribution in [0.2, 0.25) is 0 Å². The Morgan fingerprint density at radius 3 is 2.29 bits per heavy atom. The molecule has 1 rings (SSSR count). The van der Waals surface area contributed by atoms with Gasteiger partial charge in [-0.2, -0.15) is 0 Å². The van der Waals surface area contributed by atoms with Crippen molar-refractivity contribution >= 4 is 6.09 Å². The summed E-state index contributed by atoms with van der Waals surface area (Å²) in [6.45, 7) is 7.22. The molecule has 1 heterocycles. The number of piperidine rings is 1. The summed E-state index contributed by atoms with van der Waals surface area (Å²) in [4.78, 5) is 13.6. The molecule has 0 aromatic rings. The van der Waals surface area contributed by atoms with Crippen LogP contribution in [0.5, 0.6) is 0 Å². The quantitative estimate of drug-likeness (QED) is 0.746. The zero-order valence-electron chi connectivity index (χ0n) is 11.6. The van der Waals surface area contributed by atoms with Gasteiger partial charge in [0.1, 0.15) is 5.60 Å². The molecular formula is C12H25N3O2. The Bertz CT molecular complexity index is 255.